The number of aromatic hydroxyl groups is 1. The highest BCUT2D eigenvalue weighted by Crippen LogP contribution is 2.31. The number of nitrogens with zero attached hydrogens (tertiary/aromatic N) is 1. The van der Waals surface area contributed by atoms with Crippen molar-refractivity contribution in [3.63, 3.8) is 0 Å². The molecular formula is C8H8N2O5. The summed E-state index contributed by atoms with van der Waals surface area (Å²) in [4.78, 5) is 20.2. The predicted molar refractivity (Wildman–Crippen MR) is 51.1 cm³/mol. The topological polar surface area (TPSA) is 113 Å². The van der Waals surface area contributed by atoms with Gasteiger partial charge in [0.2, 0.25) is 0 Å². The average molecular weight is 212 g/mol. The molecule has 0 aromatic heterocycles. The van der Waals surface area contributed by atoms with Gasteiger partial charge in [0, 0.05) is 12.1 Å². The lowest BCUT2D eigenvalue weighted by molar-refractivity contribution is -0.384. The number of rotatable bonds is 2. The van der Waals surface area contributed by atoms with E-state index in [0.717, 1.165) is 12.1 Å². The second-order valence-corrected chi connectivity index (χ2v) is 2.84. The van der Waals surface area contributed by atoms with Crippen molar-refractivity contribution in [2.45, 2.75) is 6.92 Å². The molecule has 1 rings (SSSR count). The van der Waals surface area contributed by atoms with Gasteiger partial charge in [0.05, 0.1) is 4.92 Å². The van der Waals surface area contributed by atoms with Crippen LogP contribution in [0.3, 0.4) is 0 Å². The maximum atomic E-state index is 10.6. The first-order chi connectivity index (χ1) is 6.91. The zero-order valence-corrected chi connectivity index (χ0v) is 7.72. The number of nitro benzene ring substituents is 1. The average Bonchev–Trinajstić information content (AvgIpc) is 2.09. The second kappa shape index (κ2) is 3.82. The first-order valence-corrected chi connectivity index (χ1v) is 3.89. The SMILES string of the molecule is Cc1cc([N+](=O)[O-])c(NC(=O)O)cc1O. The minimum Gasteiger partial charge on any atom is -0.508 e. The van der Waals surface area contributed by atoms with Gasteiger partial charge in [0.15, 0.2) is 0 Å². The Kier molecular flexibility index (Phi) is 2.75. The maximum absolute atomic E-state index is 10.6. The molecule has 0 saturated carbocycles. The Labute approximate surface area is 84.1 Å². The van der Waals surface area contributed by atoms with E-state index >= 15 is 0 Å². The van der Waals surface area contributed by atoms with Gasteiger partial charge in [-0.15, -0.1) is 0 Å². The van der Waals surface area contributed by atoms with Gasteiger partial charge in [-0.1, -0.05) is 0 Å². The summed E-state index contributed by atoms with van der Waals surface area (Å²) in [6, 6.07) is 2.10. The van der Waals surface area contributed by atoms with E-state index < -0.39 is 16.7 Å². The smallest absolute Gasteiger partial charge is 0.409 e. The van der Waals surface area contributed by atoms with Crippen LogP contribution in [0.15, 0.2) is 12.1 Å². The summed E-state index contributed by atoms with van der Waals surface area (Å²) in [5.41, 5.74) is -0.346. The normalized spacial score (nSPS) is 9.67. The molecule has 0 aliphatic carbocycles. The van der Waals surface area contributed by atoms with Crippen LogP contribution in [0.25, 0.3) is 0 Å². The summed E-state index contributed by atoms with van der Waals surface area (Å²) in [6.07, 6.45) is -1.43. The third kappa shape index (κ3) is 2.33. The van der Waals surface area contributed by atoms with Gasteiger partial charge in [-0.05, 0) is 12.5 Å². The molecule has 0 aliphatic heterocycles. The number of hydrogen-bond donors (Lipinski definition) is 3. The molecule has 80 valence electrons. The van der Waals surface area contributed by atoms with E-state index in [1.165, 1.54) is 6.92 Å². The predicted octanol–water partition coefficient (Wildman–Crippen LogP) is 1.70. The zero-order chi connectivity index (χ0) is 11.6. The van der Waals surface area contributed by atoms with E-state index in [1.54, 1.807) is 0 Å². The molecule has 0 fully saturated rings. The van der Waals surface area contributed by atoms with Gasteiger partial charge >= 0.3 is 6.09 Å². The molecule has 0 atom stereocenters. The standard InChI is InChI=1S/C8H8N2O5/c1-4-2-6(10(14)15)5(3-7(4)11)9-8(12)13/h2-3,9,11H,1H3,(H,12,13). The van der Waals surface area contributed by atoms with E-state index in [2.05, 4.69) is 0 Å². The summed E-state index contributed by atoms with van der Waals surface area (Å²) in [7, 11) is 0. The second-order valence-electron chi connectivity index (χ2n) is 2.84. The van der Waals surface area contributed by atoms with Gasteiger partial charge in [-0.3, -0.25) is 15.4 Å². The molecule has 0 radical (unpaired) electrons. The Hall–Kier alpha value is -2.31. The minimum atomic E-state index is -1.43. The van der Waals surface area contributed by atoms with Crippen molar-refractivity contribution in [1.29, 1.82) is 0 Å². The van der Waals surface area contributed by atoms with E-state index in [9.17, 15) is 20.0 Å². The van der Waals surface area contributed by atoms with Crippen molar-refractivity contribution in [3.8, 4) is 5.75 Å². The van der Waals surface area contributed by atoms with Crippen LogP contribution >= 0.6 is 0 Å². The van der Waals surface area contributed by atoms with Crippen LogP contribution in [-0.4, -0.2) is 21.2 Å². The van der Waals surface area contributed by atoms with Crippen molar-refractivity contribution < 1.29 is 19.9 Å². The number of amides is 1. The van der Waals surface area contributed by atoms with Gasteiger partial charge in [0.1, 0.15) is 11.4 Å². The summed E-state index contributed by atoms with van der Waals surface area (Å²) in [6.45, 7) is 1.48. The number of nitro groups is 1. The van der Waals surface area contributed by atoms with Gasteiger partial charge in [-0.2, -0.15) is 0 Å². The number of carbonyl (C=O) groups is 1. The molecule has 7 heteroatoms. The fourth-order valence-electron chi connectivity index (χ4n) is 1.05. The van der Waals surface area contributed by atoms with Crippen LogP contribution in [-0.2, 0) is 0 Å². The molecule has 15 heavy (non-hydrogen) atoms. The van der Waals surface area contributed by atoms with Gasteiger partial charge < -0.3 is 10.2 Å². The number of carboxylic acid groups (broad SMARTS) is 1. The molecule has 0 spiro atoms. The summed E-state index contributed by atoms with van der Waals surface area (Å²) >= 11 is 0. The van der Waals surface area contributed by atoms with Crippen LogP contribution in [0.1, 0.15) is 5.56 Å². The Bertz CT molecular complexity index is 429. The highest BCUT2D eigenvalue weighted by Gasteiger charge is 2.17. The number of anilines is 1. The molecule has 0 unspecified atom stereocenters. The first-order valence-electron chi connectivity index (χ1n) is 3.89. The summed E-state index contributed by atoms with van der Waals surface area (Å²) in [5.74, 6) is -0.204. The molecule has 0 aliphatic rings. The van der Waals surface area contributed by atoms with Crippen molar-refractivity contribution >= 4 is 17.5 Å². The molecule has 1 aromatic rings. The van der Waals surface area contributed by atoms with Crippen LogP contribution in [0, 0.1) is 17.0 Å². The number of nitrogens with one attached hydrogen (secondary N) is 1. The Morgan fingerprint density at radius 1 is 1.53 bits per heavy atom. The van der Waals surface area contributed by atoms with E-state index in [-0.39, 0.29) is 11.4 Å². The summed E-state index contributed by atoms with van der Waals surface area (Å²) < 4.78 is 0. The third-order valence-electron chi connectivity index (χ3n) is 1.75. The Morgan fingerprint density at radius 3 is 2.60 bits per heavy atom. The largest absolute Gasteiger partial charge is 0.508 e. The van der Waals surface area contributed by atoms with Crippen LogP contribution < -0.4 is 5.32 Å². The number of benzene rings is 1. The molecule has 0 saturated heterocycles. The zero-order valence-electron chi connectivity index (χ0n) is 7.72. The lowest BCUT2D eigenvalue weighted by atomic mass is 10.1. The maximum Gasteiger partial charge on any atom is 0.409 e. The van der Waals surface area contributed by atoms with Crippen LogP contribution in [0.2, 0.25) is 0 Å². The first kappa shape index (κ1) is 10.8. The monoisotopic (exact) mass is 212 g/mol. The number of hydrogen-bond acceptors (Lipinski definition) is 4. The van der Waals surface area contributed by atoms with Crippen molar-refractivity contribution in [2.24, 2.45) is 0 Å². The summed E-state index contributed by atoms with van der Waals surface area (Å²) in [5, 5.41) is 30.1. The molecular weight excluding hydrogens is 204 g/mol. The van der Waals surface area contributed by atoms with Crippen LogP contribution in [0.4, 0.5) is 16.2 Å². The quantitative estimate of drug-likeness (QED) is 0.510. The Balaban J connectivity index is 3.28. The van der Waals surface area contributed by atoms with Crippen molar-refractivity contribution in [3.05, 3.63) is 27.8 Å². The van der Waals surface area contributed by atoms with E-state index in [1.807, 2.05) is 5.32 Å². The molecule has 1 amide bonds. The highest BCUT2D eigenvalue weighted by molar-refractivity contribution is 5.87. The number of phenolic OH excluding ortho intramolecular Hbond substituents is 1. The molecule has 3 N–H and O–H groups in total. The minimum absolute atomic E-state index is 0.204. The van der Waals surface area contributed by atoms with Crippen molar-refractivity contribution in [1.82, 2.24) is 0 Å². The van der Waals surface area contributed by atoms with E-state index in [4.69, 9.17) is 5.11 Å². The number of aryl methyl sites for hydroxylation is 1. The fourth-order valence-corrected chi connectivity index (χ4v) is 1.05. The fraction of sp³-hybridized carbons (Fsp3) is 0.125. The molecule has 0 heterocycles. The van der Waals surface area contributed by atoms with E-state index in [0.29, 0.717) is 5.56 Å². The lowest BCUT2D eigenvalue weighted by Gasteiger charge is -2.05. The molecule has 1 aromatic carbocycles. The van der Waals surface area contributed by atoms with Crippen molar-refractivity contribution in [2.75, 3.05) is 5.32 Å². The van der Waals surface area contributed by atoms with Crippen LogP contribution in [0.5, 0.6) is 5.75 Å². The Morgan fingerprint density at radius 2 is 2.13 bits per heavy atom. The molecule has 7 nitrogen and oxygen atoms in total. The van der Waals surface area contributed by atoms with Gasteiger partial charge in [-0.25, -0.2) is 4.79 Å². The highest BCUT2D eigenvalue weighted by atomic mass is 16.6. The number of phenols is 1. The van der Waals surface area contributed by atoms with Gasteiger partial charge in [0.25, 0.3) is 5.69 Å². The lowest BCUT2D eigenvalue weighted by Crippen LogP contribution is -2.09. The molecule has 0 bridgehead atoms. The third-order valence-corrected chi connectivity index (χ3v) is 1.75.